The zero-order valence-electron chi connectivity index (χ0n) is 12.1. The fraction of sp³-hybridized carbons (Fsp3) is 1.00. The van der Waals surface area contributed by atoms with Gasteiger partial charge in [-0.25, -0.2) is 0 Å². The molecule has 0 fully saturated rings. The first-order chi connectivity index (χ1) is 8.63. The minimum absolute atomic E-state index is 0.0339. The van der Waals surface area contributed by atoms with Crippen molar-refractivity contribution in [1.29, 1.82) is 0 Å². The number of ether oxygens (including phenoxy) is 3. The molecule has 5 nitrogen and oxygen atoms in total. The van der Waals surface area contributed by atoms with Crippen molar-refractivity contribution in [1.82, 2.24) is 5.32 Å². The standard InChI is InChI=1S/C13H29NO4/c1-5-16-6-7-17-8-9-18-10-12(14-4)13(15)11(2)3/h11-15H,5-10H2,1-4H3. The lowest BCUT2D eigenvalue weighted by Gasteiger charge is -2.25. The Bertz CT molecular complexity index is 178. The lowest BCUT2D eigenvalue weighted by atomic mass is 10.0. The Balaban J connectivity index is 3.45. The van der Waals surface area contributed by atoms with Gasteiger partial charge in [0.15, 0.2) is 0 Å². The number of nitrogens with one attached hydrogen (secondary N) is 1. The zero-order chi connectivity index (χ0) is 13.8. The van der Waals surface area contributed by atoms with E-state index in [2.05, 4.69) is 5.32 Å². The fourth-order valence-electron chi connectivity index (χ4n) is 1.51. The number of likely N-dealkylation sites (N-methyl/N-ethyl adjacent to an activating group) is 1. The van der Waals surface area contributed by atoms with E-state index in [9.17, 15) is 5.11 Å². The van der Waals surface area contributed by atoms with Crippen molar-refractivity contribution in [3.63, 3.8) is 0 Å². The second kappa shape index (κ2) is 11.9. The minimum atomic E-state index is -0.395. The smallest absolute Gasteiger partial charge is 0.0738 e. The van der Waals surface area contributed by atoms with E-state index in [1.807, 2.05) is 27.8 Å². The molecule has 0 radical (unpaired) electrons. The number of aliphatic hydroxyl groups is 1. The Morgan fingerprint density at radius 2 is 1.56 bits per heavy atom. The molecule has 0 rings (SSSR count). The Morgan fingerprint density at radius 3 is 2.06 bits per heavy atom. The largest absolute Gasteiger partial charge is 0.391 e. The molecule has 2 unspecified atom stereocenters. The fourth-order valence-corrected chi connectivity index (χ4v) is 1.51. The molecule has 0 spiro atoms. The molecule has 0 aromatic heterocycles. The summed E-state index contributed by atoms with van der Waals surface area (Å²) in [5.41, 5.74) is 0. The summed E-state index contributed by atoms with van der Waals surface area (Å²) in [7, 11) is 1.83. The Labute approximate surface area is 111 Å². The van der Waals surface area contributed by atoms with Gasteiger partial charge in [0.1, 0.15) is 0 Å². The van der Waals surface area contributed by atoms with Gasteiger partial charge >= 0.3 is 0 Å². The van der Waals surface area contributed by atoms with Crippen LogP contribution in [0.1, 0.15) is 20.8 Å². The molecule has 0 aromatic rings. The van der Waals surface area contributed by atoms with Crippen LogP contribution in [0.3, 0.4) is 0 Å². The van der Waals surface area contributed by atoms with Crippen molar-refractivity contribution in [3.8, 4) is 0 Å². The molecule has 0 amide bonds. The highest BCUT2D eigenvalue weighted by molar-refractivity contribution is 4.76. The van der Waals surface area contributed by atoms with Gasteiger partial charge < -0.3 is 24.6 Å². The van der Waals surface area contributed by atoms with Crippen molar-refractivity contribution in [2.75, 3.05) is 46.7 Å². The molecule has 0 heterocycles. The van der Waals surface area contributed by atoms with Gasteiger partial charge in [-0.2, -0.15) is 0 Å². The molecule has 0 saturated heterocycles. The molecular weight excluding hydrogens is 234 g/mol. The predicted molar refractivity (Wildman–Crippen MR) is 71.8 cm³/mol. The van der Waals surface area contributed by atoms with Crippen molar-refractivity contribution in [3.05, 3.63) is 0 Å². The number of aliphatic hydroxyl groups excluding tert-OH is 1. The highest BCUT2D eigenvalue weighted by Gasteiger charge is 2.20. The van der Waals surface area contributed by atoms with Crippen molar-refractivity contribution < 1.29 is 19.3 Å². The van der Waals surface area contributed by atoms with E-state index < -0.39 is 6.10 Å². The van der Waals surface area contributed by atoms with E-state index in [4.69, 9.17) is 14.2 Å². The number of hydrogen-bond acceptors (Lipinski definition) is 5. The molecule has 0 saturated carbocycles. The first-order valence-corrected chi connectivity index (χ1v) is 6.72. The molecule has 0 aromatic carbocycles. The molecule has 0 aliphatic heterocycles. The van der Waals surface area contributed by atoms with E-state index in [1.54, 1.807) is 0 Å². The first kappa shape index (κ1) is 17.8. The summed E-state index contributed by atoms with van der Waals surface area (Å²) in [6.45, 7) is 9.47. The zero-order valence-corrected chi connectivity index (χ0v) is 12.1. The van der Waals surface area contributed by atoms with Gasteiger partial charge in [-0.15, -0.1) is 0 Å². The average Bonchev–Trinajstić information content (AvgIpc) is 2.36. The van der Waals surface area contributed by atoms with E-state index in [-0.39, 0.29) is 12.0 Å². The molecular formula is C13H29NO4. The number of hydrogen-bond donors (Lipinski definition) is 2. The van der Waals surface area contributed by atoms with Gasteiger partial charge in [-0.3, -0.25) is 0 Å². The summed E-state index contributed by atoms with van der Waals surface area (Å²) in [6, 6.07) is -0.0339. The summed E-state index contributed by atoms with van der Waals surface area (Å²) >= 11 is 0. The lowest BCUT2D eigenvalue weighted by Crippen LogP contribution is -2.44. The van der Waals surface area contributed by atoms with Crippen LogP contribution in [-0.2, 0) is 14.2 Å². The Kier molecular flexibility index (Phi) is 11.7. The average molecular weight is 263 g/mol. The molecule has 0 aliphatic carbocycles. The van der Waals surface area contributed by atoms with Crippen molar-refractivity contribution in [2.24, 2.45) is 5.92 Å². The van der Waals surface area contributed by atoms with E-state index >= 15 is 0 Å². The quantitative estimate of drug-likeness (QED) is 0.507. The van der Waals surface area contributed by atoms with Crippen LogP contribution in [0.5, 0.6) is 0 Å². The third-order valence-corrected chi connectivity index (χ3v) is 2.71. The van der Waals surface area contributed by atoms with Gasteiger partial charge in [0.2, 0.25) is 0 Å². The van der Waals surface area contributed by atoms with Crippen LogP contribution in [0.2, 0.25) is 0 Å². The molecule has 0 bridgehead atoms. The maximum atomic E-state index is 9.90. The van der Waals surface area contributed by atoms with E-state index in [1.165, 1.54) is 0 Å². The van der Waals surface area contributed by atoms with Gasteiger partial charge in [-0.05, 0) is 19.9 Å². The molecule has 0 aliphatic rings. The Hall–Kier alpha value is -0.200. The molecule has 5 heteroatoms. The SMILES string of the molecule is CCOCCOCCOCC(NC)C(O)C(C)C. The normalized spacial score (nSPS) is 15.0. The van der Waals surface area contributed by atoms with Crippen LogP contribution < -0.4 is 5.32 Å². The monoisotopic (exact) mass is 263 g/mol. The first-order valence-electron chi connectivity index (χ1n) is 6.72. The third-order valence-electron chi connectivity index (χ3n) is 2.71. The van der Waals surface area contributed by atoms with Gasteiger partial charge in [0, 0.05) is 6.61 Å². The van der Waals surface area contributed by atoms with Gasteiger partial charge in [0.05, 0.1) is 45.2 Å². The van der Waals surface area contributed by atoms with Gasteiger partial charge in [-0.1, -0.05) is 13.8 Å². The maximum absolute atomic E-state index is 9.90. The summed E-state index contributed by atoms with van der Waals surface area (Å²) in [5, 5.41) is 13.0. The molecule has 2 atom stereocenters. The number of rotatable bonds is 12. The Morgan fingerprint density at radius 1 is 1.00 bits per heavy atom. The molecule has 2 N–H and O–H groups in total. The van der Waals surface area contributed by atoms with E-state index in [0.29, 0.717) is 33.0 Å². The highest BCUT2D eigenvalue weighted by atomic mass is 16.5. The van der Waals surface area contributed by atoms with Crippen molar-refractivity contribution >= 4 is 0 Å². The topological polar surface area (TPSA) is 60.0 Å². The van der Waals surface area contributed by atoms with Crippen LogP contribution in [0.25, 0.3) is 0 Å². The van der Waals surface area contributed by atoms with Crippen LogP contribution in [0, 0.1) is 5.92 Å². The predicted octanol–water partition coefficient (Wildman–Crippen LogP) is 0.661. The van der Waals surface area contributed by atoms with Crippen LogP contribution >= 0.6 is 0 Å². The maximum Gasteiger partial charge on any atom is 0.0738 e. The molecule has 110 valence electrons. The van der Waals surface area contributed by atoms with Crippen molar-refractivity contribution in [2.45, 2.75) is 32.9 Å². The minimum Gasteiger partial charge on any atom is -0.391 e. The summed E-state index contributed by atoms with van der Waals surface area (Å²) in [5.74, 6) is 0.216. The van der Waals surface area contributed by atoms with E-state index in [0.717, 1.165) is 6.61 Å². The second-order valence-corrected chi connectivity index (χ2v) is 4.51. The summed E-state index contributed by atoms with van der Waals surface area (Å²) in [6.07, 6.45) is -0.395. The lowest BCUT2D eigenvalue weighted by molar-refractivity contribution is -0.00620. The summed E-state index contributed by atoms with van der Waals surface area (Å²) < 4.78 is 15.9. The van der Waals surface area contributed by atoms with Gasteiger partial charge in [0.25, 0.3) is 0 Å². The highest BCUT2D eigenvalue weighted by Crippen LogP contribution is 2.06. The second-order valence-electron chi connectivity index (χ2n) is 4.51. The van der Waals surface area contributed by atoms with Crippen LogP contribution in [0.15, 0.2) is 0 Å². The van der Waals surface area contributed by atoms with Crippen LogP contribution in [-0.4, -0.2) is 63.9 Å². The summed E-state index contributed by atoms with van der Waals surface area (Å²) in [4.78, 5) is 0. The third kappa shape index (κ3) is 8.83. The molecule has 18 heavy (non-hydrogen) atoms. The van der Waals surface area contributed by atoms with Crippen LogP contribution in [0.4, 0.5) is 0 Å².